The topological polar surface area (TPSA) is 64.6 Å². The van der Waals surface area contributed by atoms with Crippen molar-refractivity contribution >= 4 is 5.91 Å². The minimum absolute atomic E-state index is 0.0413. The minimum Gasteiger partial charge on any atom is -0.396 e. The van der Waals surface area contributed by atoms with Crippen molar-refractivity contribution in [1.82, 2.24) is 15.5 Å². The van der Waals surface area contributed by atoms with E-state index in [2.05, 4.69) is 15.5 Å². The van der Waals surface area contributed by atoms with Gasteiger partial charge in [0.05, 0.1) is 0 Å². The molecule has 0 spiro atoms. The largest absolute Gasteiger partial charge is 0.396 e. The van der Waals surface area contributed by atoms with Crippen LogP contribution < -0.4 is 10.6 Å². The second-order valence-electron chi connectivity index (χ2n) is 4.65. The van der Waals surface area contributed by atoms with E-state index in [4.69, 9.17) is 5.11 Å². The van der Waals surface area contributed by atoms with Crippen molar-refractivity contribution in [2.24, 2.45) is 0 Å². The van der Waals surface area contributed by atoms with Gasteiger partial charge in [-0.15, -0.1) is 0 Å². The van der Waals surface area contributed by atoms with E-state index in [1.165, 1.54) is 12.8 Å². The smallest absolute Gasteiger partial charge is 0.216 e. The number of hydrogen-bond acceptors (Lipinski definition) is 4. The van der Waals surface area contributed by atoms with Crippen LogP contribution in [0.5, 0.6) is 0 Å². The van der Waals surface area contributed by atoms with Crippen molar-refractivity contribution in [3.63, 3.8) is 0 Å². The maximum absolute atomic E-state index is 10.8. The Morgan fingerprint density at radius 1 is 1.47 bits per heavy atom. The normalized spacial score (nSPS) is 21.4. The molecule has 0 aromatic rings. The van der Waals surface area contributed by atoms with Crippen LogP contribution in [0, 0.1) is 0 Å². The van der Waals surface area contributed by atoms with Gasteiger partial charge in [-0.2, -0.15) is 0 Å². The average Bonchev–Trinajstić information content (AvgIpc) is 2.29. The molecule has 0 saturated carbocycles. The third-order valence-electron chi connectivity index (χ3n) is 3.08. The van der Waals surface area contributed by atoms with Gasteiger partial charge >= 0.3 is 0 Å². The van der Waals surface area contributed by atoms with E-state index >= 15 is 0 Å². The van der Waals surface area contributed by atoms with E-state index in [1.807, 2.05) is 0 Å². The SMILES string of the molecule is CC(=O)NCCN1CCCC(NCCCO)C1. The Balaban J connectivity index is 2.12. The molecule has 1 aliphatic heterocycles. The summed E-state index contributed by atoms with van der Waals surface area (Å²) in [5, 5.41) is 15.0. The first-order valence-corrected chi connectivity index (χ1v) is 6.53. The zero-order valence-electron chi connectivity index (χ0n) is 10.7. The van der Waals surface area contributed by atoms with Crippen molar-refractivity contribution < 1.29 is 9.90 Å². The number of carbonyl (C=O) groups is 1. The van der Waals surface area contributed by atoms with Gasteiger partial charge in [-0.25, -0.2) is 0 Å². The van der Waals surface area contributed by atoms with Crippen LogP contribution in [0.1, 0.15) is 26.2 Å². The highest BCUT2D eigenvalue weighted by Gasteiger charge is 2.18. The summed E-state index contributed by atoms with van der Waals surface area (Å²) in [6.45, 7) is 6.53. The lowest BCUT2D eigenvalue weighted by Gasteiger charge is -2.33. The molecular weight excluding hydrogens is 218 g/mol. The Hall–Kier alpha value is -0.650. The fourth-order valence-electron chi connectivity index (χ4n) is 2.20. The lowest BCUT2D eigenvalue weighted by atomic mass is 10.1. The van der Waals surface area contributed by atoms with Gasteiger partial charge in [0.1, 0.15) is 0 Å². The van der Waals surface area contributed by atoms with Crippen LogP contribution >= 0.6 is 0 Å². The predicted molar refractivity (Wildman–Crippen MR) is 67.9 cm³/mol. The molecule has 3 N–H and O–H groups in total. The van der Waals surface area contributed by atoms with Gasteiger partial charge in [0.15, 0.2) is 0 Å². The highest BCUT2D eigenvalue weighted by molar-refractivity contribution is 5.72. The molecule has 0 aromatic heterocycles. The highest BCUT2D eigenvalue weighted by atomic mass is 16.3. The first-order valence-electron chi connectivity index (χ1n) is 6.53. The molecule has 0 aliphatic carbocycles. The molecule has 5 heteroatoms. The number of aliphatic hydroxyl groups is 1. The number of aliphatic hydroxyl groups excluding tert-OH is 1. The van der Waals surface area contributed by atoms with Crippen LogP contribution in [0.25, 0.3) is 0 Å². The van der Waals surface area contributed by atoms with E-state index in [1.54, 1.807) is 6.92 Å². The summed E-state index contributed by atoms with van der Waals surface area (Å²) in [6.07, 6.45) is 3.24. The molecule has 1 heterocycles. The summed E-state index contributed by atoms with van der Waals surface area (Å²) in [5.41, 5.74) is 0. The van der Waals surface area contributed by atoms with Crippen LogP contribution in [0.2, 0.25) is 0 Å². The molecule has 1 amide bonds. The fraction of sp³-hybridized carbons (Fsp3) is 0.917. The molecule has 100 valence electrons. The lowest BCUT2D eigenvalue weighted by Crippen LogP contribution is -2.47. The first kappa shape index (κ1) is 14.4. The molecule has 5 nitrogen and oxygen atoms in total. The third kappa shape index (κ3) is 6.61. The van der Waals surface area contributed by atoms with Crippen molar-refractivity contribution in [2.75, 3.05) is 39.3 Å². The Kier molecular flexibility index (Phi) is 7.16. The molecule has 0 aromatic carbocycles. The van der Waals surface area contributed by atoms with Gasteiger partial charge in [-0.3, -0.25) is 4.79 Å². The molecular formula is C12H25N3O2. The second-order valence-corrected chi connectivity index (χ2v) is 4.65. The molecule has 1 unspecified atom stereocenters. The van der Waals surface area contributed by atoms with Crippen molar-refractivity contribution in [2.45, 2.75) is 32.2 Å². The summed E-state index contributed by atoms with van der Waals surface area (Å²) in [6, 6.07) is 0.535. The van der Waals surface area contributed by atoms with E-state index in [0.29, 0.717) is 6.04 Å². The van der Waals surface area contributed by atoms with E-state index in [0.717, 1.165) is 39.1 Å². The summed E-state index contributed by atoms with van der Waals surface area (Å²) < 4.78 is 0. The van der Waals surface area contributed by atoms with Gasteiger partial charge in [-0.1, -0.05) is 0 Å². The maximum Gasteiger partial charge on any atom is 0.216 e. The summed E-state index contributed by atoms with van der Waals surface area (Å²) in [5.74, 6) is 0.0413. The molecule has 0 bridgehead atoms. The molecule has 0 radical (unpaired) electrons. The average molecular weight is 243 g/mol. The summed E-state index contributed by atoms with van der Waals surface area (Å²) in [4.78, 5) is 13.1. The molecule has 17 heavy (non-hydrogen) atoms. The number of piperidine rings is 1. The zero-order valence-corrected chi connectivity index (χ0v) is 10.7. The Bertz CT molecular complexity index is 224. The molecule has 1 fully saturated rings. The Morgan fingerprint density at radius 2 is 2.29 bits per heavy atom. The number of carbonyl (C=O) groups excluding carboxylic acids is 1. The van der Waals surface area contributed by atoms with E-state index < -0.39 is 0 Å². The maximum atomic E-state index is 10.8. The lowest BCUT2D eigenvalue weighted by molar-refractivity contribution is -0.119. The molecule has 1 atom stereocenters. The van der Waals surface area contributed by atoms with E-state index in [9.17, 15) is 4.79 Å². The summed E-state index contributed by atoms with van der Waals surface area (Å²) in [7, 11) is 0. The number of rotatable bonds is 7. The zero-order chi connectivity index (χ0) is 12.5. The number of hydrogen-bond donors (Lipinski definition) is 3. The van der Waals surface area contributed by atoms with Gasteiger partial charge in [0.2, 0.25) is 5.91 Å². The first-order chi connectivity index (χ1) is 8.22. The quantitative estimate of drug-likeness (QED) is 0.530. The van der Waals surface area contributed by atoms with Crippen molar-refractivity contribution in [3.8, 4) is 0 Å². The van der Waals surface area contributed by atoms with Crippen molar-refractivity contribution in [1.29, 1.82) is 0 Å². The molecule has 1 rings (SSSR count). The standard InChI is InChI=1S/C12H25N3O2/c1-11(17)13-6-8-15-7-2-4-12(10-15)14-5-3-9-16/h12,14,16H,2-10H2,1H3,(H,13,17). The van der Waals surface area contributed by atoms with Gasteiger partial charge in [-0.05, 0) is 32.4 Å². The predicted octanol–water partition coefficient (Wildman–Crippen LogP) is -0.441. The number of nitrogens with one attached hydrogen (secondary N) is 2. The van der Waals surface area contributed by atoms with Crippen LogP contribution in [-0.2, 0) is 4.79 Å². The molecule has 1 aliphatic rings. The van der Waals surface area contributed by atoms with Crippen LogP contribution in [-0.4, -0.2) is 61.3 Å². The Labute approximate surface area is 104 Å². The second kappa shape index (κ2) is 8.44. The van der Waals surface area contributed by atoms with Crippen LogP contribution in [0.3, 0.4) is 0 Å². The number of likely N-dealkylation sites (tertiary alicyclic amines) is 1. The molecule has 1 saturated heterocycles. The van der Waals surface area contributed by atoms with Crippen LogP contribution in [0.15, 0.2) is 0 Å². The van der Waals surface area contributed by atoms with Gasteiger partial charge in [0, 0.05) is 39.2 Å². The highest BCUT2D eigenvalue weighted by Crippen LogP contribution is 2.09. The van der Waals surface area contributed by atoms with Crippen molar-refractivity contribution in [3.05, 3.63) is 0 Å². The van der Waals surface area contributed by atoms with Gasteiger partial charge in [0.25, 0.3) is 0 Å². The third-order valence-corrected chi connectivity index (χ3v) is 3.08. The van der Waals surface area contributed by atoms with Crippen LogP contribution in [0.4, 0.5) is 0 Å². The van der Waals surface area contributed by atoms with Gasteiger partial charge < -0.3 is 20.6 Å². The Morgan fingerprint density at radius 3 is 3.00 bits per heavy atom. The minimum atomic E-state index is 0.0413. The monoisotopic (exact) mass is 243 g/mol. The number of nitrogens with zero attached hydrogens (tertiary/aromatic N) is 1. The summed E-state index contributed by atoms with van der Waals surface area (Å²) >= 11 is 0. The van der Waals surface area contributed by atoms with E-state index in [-0.39, 0.29) is 12.5 Å². The fourth-order valence-corrected chi connectivity index (χ4v) is 2.20. The number of amides is 1.